The lowest BCUT2D eigenvalue weighted by Gasteiger charge is -2.00. The number of hydrogen-bond acceptors (Lipinski definition) is 2. The van der Waals surface area contributed by atoms with Crippen LogP contribution in [0.25, 0.3) is 0 Å². The van der Waals surface area contributed by atoms with Gasteiger partial charge < -0.3 is 0 Å². The van der Waals surface area contributed by atoms with Crippen molar-refractivity contribution in [2.75, 3.05) is 0 Å². The van der Waals surface area contributed by atoms with Crippen molar-refractivity contribution in [3.05, 3.63) is 42.2 Å². The Kier molecular flexibility index (Phi) is 3.20. The van der Waals surface area contributed by atoms with Crippen molar-refractivity contribution in [2.24, 2.45) is 0 Å². The Labute approximate surface area is 71.9 Å². The fraction of sp³-hybridized carbons (Fsp3) is 0.200. The maximum atomic E-state index is 10.5. The number of pyridine rings is 1. The first-order chi connectivity index (χ1) is 5.88. The first-order valence-electron chi connectivity index (χ1n) is 3.87. The van der Waals surface area contributed by atoms with E-state index in [4.69, 9.17) is 0 Å². The Balaban J connectivity index is 2.81. The number of carbonyl (C=O) groups excluding carboxylic acids is 1. The van der Waals surface area contributed by atoms with Crippen LogP contribution in [0.5, 0.6) is 0 Å². The molecule has 0 aliphatic heterocycles. The van der Waals surface area contributed by atoms with Gasteiger partial charge in [0.2, 0.25) is 0 Å². The van der Waals surface area contributed by atoms with E-state index in [0.29, 0.717) is 5.56 Å². The van der Waals surface area contributed by atoms with E-state index >= 15 is 0 Å². The third-order valence-corrected chi connectivity index (χ3v) is 1.69. The molecule has 1 heterocycles. The van der Waals surface area contributed by atoms with Gasteiger partial charge in [0, 0.05) is 18.0 Å². The van der Waals surface area contributed by atoms with E-state index in [0.717, 1.165) is 24.7 Å². The smallest absolute Gasteiger partial charge is 0.151 e. The third-order valence-electron chi connectivity index (χ3n) is 1.69. The van der Waals surface area contributed by atoms with Gasteiger partial charge in [0.25, 0.3) is 0 Å². The highest BCUT2D eigenvalue weighted by Crippen LogP contribution is 2.06. The fourth-order valence-electron chi connectivity index (χ4n) is 1.03. The zero-order valence-electron chi connectivity index (χ0n) is 6.86. The molecule has 0 aliphatic rings. The minimum absolute atomic E-state index is 0.680. The second-order valence-electron chi connectivity index (χ2n) is 2.52. The lowest BCUT2D eigenvalue weighted by atomic mass is 10.1. The summed E-state index contributed by atoms with van der Waals surface area (Å²) in [5.41, 5.74) is 1.72. The van der Waals surface area contributed by atoms with Crippen molar-refractivity contribution < 1.29 is 4.79 Å². The van der Waals surface area contributed by atoms with Crippen LogP contribution in [-0.4, -0.2) is 11.3 Å². The van der Waals surface area contributed by atoms with Crippen molar-refractivity contribution in [3.8, 4) is 0 Å². The van der Waals surface area contributed by atoms with E-state index in [2.05, 4.69) is 11.6 Å². The van der Waals surface area contributed by atoms with Crippen molar-refractivity contribution in [2.45, 2.75) is 12.8 Å². The summed E-state index contributed by atoms with van der Waals surface area (Å²) in [5.74, 6) is 0. The molecular formula is C10H11NO. The minimum Gasteiger partial charge on any atom is -0.298 e. The van der Waals surface area contributed by atoms with Gasteiger partial charge in [-0.25, -0.2) is 0 Å². The molecule has 0 radical (unpaired) electrons. The monoisotopic (exact) mass is 161 g/mol. The van der Waals surface area contributed by atoms with Gasteiger partial charge in [0.1, 0.15) is 0 Å². The molecular weight excluding hydrogens is 150 g/mol. The average Bonchev–Trinajstić information content (AvgIpc) is 2.15. The van der Waals surface area contributed by atoms with Crippen molar-refractivity contribution in [1.82, 2.24) is 4.98 Å². The Bertz CT molecular complexity index is 281. The number of allylic oxidation sites excluding steroid dienone is 1. The van der Waals surface area contributed by atoms with Gasteiger partial charge >= 0.3 is 0 Å². The first-order valence-corrected chi connectivity index (χ1v) is 3.87. The Morgan fingerprint density at radius 1 is 1.58 bits per heavy atom. The molecule has 12 heavy (non-hydrogen) atoms. The van der Waals surface area contributed by atoms with Crippen molar-refractivity contribution in [1.29, 1.82) is 0 Å². The molecule has 0 saturated heterocycles. The molecule has 1 aromatic heterocycles. The number of rotatable bonds is 4. The van der Waals surface area contributed by atoms with Gasteiger partial charge in [-0.2, -0.15) is 0 Å². The number of aryl methyl sites for hydroxylation is 1. The standard InChI is InChI=1S/C10H11NO/c1-2-3-4-9-5-6-11-7-10(9)8-12/h2,5-8H,1,3-4H2. The molecule has 0 amide bonds. The number of hydrogen-bond donors (Lipinski definition) is 0. The average molecular weight is 161 g/mol. The fourth-order valence-corrected chi connectivity index (χ4v) is 1.03. The summed E-state index contributed by atoms with van der Waals surface area (Å²) in [6.45, 7) is 3.63. The minimum atomic E-state index is 0.680. The molecule has 62 valence electrons. The third kappa shape index (κ3) is 2.02. The summed E-state index contributed by atoms with van der Waals surface area (Å²) in [6, 6.07) is 1.87. The maximum absolute atomic E-state index is 10.5. The van der Waals surface area contributed by atoms with Crippen LogP contribution in [-0.2, 0) is 6.42 Å². The summed E-state index contributed by atoms with van der Waals surface area (Å²) in [5, 5.41) is 0. The van der Waals surface area contributed by atoms with Crippen molar-refractivity contribution in [3.63, 3.8) is 0 Å². The first kappa shape index (κ1) is 8.65. The second-order valence-corrected chi connectivity index (χ2v) is 2.52. The largest absolute Gasteiger partial charge is 0.298 e. The molecule has 0 spiro atoms. The Hall–Kier alpha value is -1.44. The Morgan fingerprint density at radius 3 is 3.08 bits per heavy atom. The molecule has 2 heteroatoms. The van der Waals surface area contributed by atoms with Crippen LogP contribution in [0.4, 0.5) is 0 Å². The maximum Gasteiger partial charge on any atom is 0.151 e. The van der Waals surface area contributed by atoms with Crippen LogP contribution in [0.3, 0.4) is 0 Å². The van der Waals surface area contributed by atoms with E-state index in [1.54, 1.807) is 12.4 Å². The number of aromatic nitrogens is 1. The molecule has 0 bridgehead atoms. The topological polar surface area (TPSA) is 30.0 Å². The Morgan fingerprint density at radius 2 is 2.42 bits per heavy atom. The molecule has 1 rings (SSSR count). The molecule has 0 N–H and O–H groups in total. The van der Waals surface area contributed by atoms with Crippen LogP contribution in [0.15, 0.2) is 31.1 Å². The van der Waals surface area contributed by atoms with E-state index in [-0.39, 0.29) is 0 Å². The molecule has 0 unspecified atom stereocenters. The summed E-state index contributed by atoms with van der Waals surface area (Å²) < 4.78 is 0. The lowest BCUT2D eigenvalue weighted by Crippen LogP contribution is -1.92. The highest BCUT2D eigenvalue weighted by molar-refractivity contribution is 5.76. The summed E-state index contributed by atoms with van der Waals surface area (Å²) in [6.07, 6.45) is 7.72. The molecule has 2 nitrogen and oxygen atoms in total. The van der Waals surface area contributed by atoms with Gasteiger partial charge in [0.05, 0.1) is 0 Å². The van der Waals surface area contributed by atoms with Crippen LogP contribution in [0.1, 0.15) is 22.3 Å². The molecule has 1 aromatic rings. The van der Waals surface area contributed by atoms with Gasteiger partial charge in [-0.1, -0.05) is 6.08 Å². The van der Waals surface area contributed by atoms with Crippen molar-refractivity contribution >= 4 is 6.29 Å². The summed E-state index contributed by atoms with van der Waals surface area (Å²) in [7, 11) is 0. The highest BCUT2D eigenvalue weighted by Gasteiger charge is 1.98. The van der Waals surface area contributed by atoms with Gasteiger partial charge in [0.15, 0.2) is 6.29 Å². The van der Waals surface area contributed by atoms with E-state index < -0.39 is 0 Å². The molecule has 0 fully saturated rings. The zero-order chi connectivity index (χ0) is 8.81. The van der Waals surface area contributed by atoms with Crippen LogP contribution < -0.4 is 0 Å². The predicted octanol–water partition coefficient (Wildman–Crippen LogP) is 2.01. The van der Waals surface area contributed by atoms with Gasteiger partial charge in [-0.15, -0.1) is 6.58 Å². The molecule has 0 atom stereocenters. The molecule has 0 saturated carbocycles. The van der Waals surface area contributed by atoms with Gasteiger partial charge in [-0.3, -0.25) is 9.78 Å². The zero-order valence-corrected chi connectivity index (χ0v) is 6.86. The van der Waals surface area contributed by atoms with Crippen LogP contribution in [0.2, 0.25) is 0 Å². The van der Waals surface area contributed by atoms with E-state index in [1.807, 2.05) is 12.1 Å². The predicted molar refractivity (Wildman–Crippen MR) is 48.1 cm³/mol. The van der Waals surface area contributed by atoms with E-state index in [1.165, 1.54) is 0 Å². The van der Waals surface area contributed by atoms with E-state index in [9.17, 15) is 4.79 Å². The summed E-state index contributed by atoms with van der Waals surface area (Å²) in [4.78, 5) is 14.4. The number of nitrogens with zero attached hydrogens (tertiary/aromatic N) is 1. The SMILES string of the molecule is C=CCCc1ccncc1C=O. The second kappa shape index (κ2) is 4.44. The molecule has 0 aromatic carbocycles. The lowest BCUT2D eigenvalue weighted by molar-refractivity contribution is 0.112. The van der Waals surface area contributed by atoms with Crippen LogP contribution >= 0.6 is 0 Å². The van der Waals surface area contributed by atoms with Gasteiger partial charge in [-0.05, 0) is 24.5 Å². The summed E-state index contributed by atoms with van der Waals surface area (Å²) >= 11 is 0. The molecule has 0 aliphatic carbocycles. The normalized spacial score (nSPS) is 9.33. The number of carbonyl (C=O) groups is 1. The van der Waals surface area contributed by atoms with Crippen LogP contribution in [0, 0.1) is 0 Å². The quantitative estimate of drug-likeness (QED) is 0.499. The number of aldehydes is 1. The highest BCUT2D eigenvalue weighted by atomic mass is 16.1.